The summed E-state index contributed by atoms with van der Waals surface area (Å²) >= 11 is 0. The maximum absolute atomic E-state index is 13.3. The Morgan fingerprint density at radius 2 is 2.15 bits per heavy atom. The molecular formula is C11H10FN. The van der Waals surface area contributed by atoms with Crippen LogP contribution < -0.4 is 0 Å². The van der Waals surface area contributed by atoms with E-state index in [1.165, 1.54) is 12.1 Å². The van der Waals surface area contributed by atoms with Crippen LogP contribution in [0, 0.1) is 17.1 Å². The molecule has 2 heteroatoms. The Balaban J connectivity index is 2.50. The molecule has 0 amide bonds. The molecule has 0 unspecified atom stereocenters. The van der Waals surface area contributed by atoms with E-state index in [0.29, 0.717) is 11.1 Å². The first-order valence-corrected chi connectivity index (χ1v) is 4.36. The molecule has 0 aromatic heterocycles. The quantitative estimate of drug-likeness (QED) is 0.643. The first-order chi connectivity index (χ1) is 6.15. The lowest BCUT2D eigenvalue weighted by atomic mass is 9.96. The Bertz CT molecular complexity index is 386. The standard InChI is InChI=1S/C11H10FN/c1-11(4-5-11)9-6-8(7-13)2-3-10(9)12/h2-3,6H,4-5H2,1H3. The molecule has 66 valence electrons. The van der Waals surface area contributed by atoms with Gasteiger partial charge in [-0.2, -0.15) is 5.26 Å². The van der Waals surface area contributed by atoms with E-state index >= 15 is 0 Å². The summed E-state index contributed by atoms with van der Waals surface area (Å²) in [4.78, 5) is 0. The van der Waals surface area contributed by atoms with Crippen LogP contribution >= 0.6 is 0 Å². The lowest BCUT2D eigenvalue weighted by Gasteiger charge is -2.09. The molecule has 2 rings (SSSR count). The van der Waals surface area contributed by atoms with Crippen molar-refractivity contribution in [2.45, 2.75) is 25.2 Å². The number of halogens is 1. The lowest BCUT2D eigenvalue weighted by Crippen LogP contribution is -2.03. The van der Waals surface area contributed by atoms with Crippen LogP contribution in [-0.4, -0.2) is 0 Å². The van der Waals surface area contributed by atoms with E-state index in [4.69, 9.17) is 5.26 Å². The molecule has 1 aromatic carbocycles. The van der Waals surface area contributed by atoms with Crippen molar-refractivity contribution in [2.75, 3.05) is 0 Å². The summed E-state index contributed by atoms with van der Waals surface area (Å²) in [5.41, 5.74) is 1.24. The van der Waals surface area contributed by atoms with Crippen LogP contribution in [0.25, 0.3) is 0 Å². The van der Waals surface area contributed by atoms with Gasteiger partial charge in [0.15, 0.2) is 0 Å². The topological polar surface area (TPSA) is 23.8 Å². The fourth-order valence-corrected chi connectivity index (χ4v) is 1.51. The van der Waals surface area contributed by atoms with Crippen molar-refractivity contribution in [3.63, 3.8) is 0 Å². The molecule has 0 bridgehead atoms. The van der Waals surface area contributed by atoms with Gasteiger partial charge in [-0.05, 0) is 42.0 Å². The van der Waals surface area contributed by atoms with Crippen LogP contribution in [0.1, 0.15) is 30.9 Å². The summed E-state index contributed by atoms with van der Waals surface area (Å²) in [7, 11) is 0. The average molecular weight is 175 g/mol. The van der Waals surface area contributed by atoms with Gasteiger partial charge >= 0.3 is 0 Å². The number of hydrogen-bond donors (Lipinski definition) is 0. The molecule has 1 aromatic rings. The van der Waals surface area contributed by atoms with Crippen LogP contribution in [0.2, 0.25) is 0 Å². The molecule has 0 N–H and O–H groups in total. The van der Waals surface area contributed by atoms with E-state index in [2.05, 4.69) is 0 Å². The van der Waals surface area contributed by atoms with Crippen molar-refractivity contribution in [1.29, 1.82) is 5.26 Å². The fraction of sp³-hybridized carbons (Fsp3) is 0.364. The Morgan fingerprint density at radius 1 is 1.46 bits per heavy atom. The van der Waals surface area contributed by atoms with Crippen molar-refractivity contribution in [3.05, 3.63) is 35.1 Å². The third-order valence-corrected chi connectivity index (χ3v) is 2.75. The zero-order valence-corrected chi connectivity index (χ0v) is 7.47. The molecule has 0 heterocycles. The van der Waals surface area contributed by atoms with Gasteiger partial charge in [0.2, 0.25) is 0 Å². The Kier molecular flexibility index (Phi) is 1.63. The van der Waals surface area contributed by atoms with Crippen molar-refractivity contribution in [3.8, 4) is 6.07 Å². The highest BCUT2D eigenvalue weighted by atomic mass is 19.1. The highest BCUT2D eigenvalue weighted by Gasteiger charge is 2.41. The maximum atomic E-state index is 13.3. The summed E-state index contributed by atoms with van der Waals surface area (Å²) in [6, 6.07) is 6.60. The van der Waals surface area contributed by atoms with E-state index in [0.717, 1.165) is 12.8 Å². The summed E-state index contributed by atoms with van der Waals surface area (Å²) < 4.78 is 13.3. The average Bonchev–Trinajstić information content (AvgIpc) is 2.86. The summed E-state index contributed by atoms with van der Waals surface area (Å²) in [6.07, 6.45) is 2.05. The number of nitriles is 1. The second-order valence-corrected chi connectivity index (χ2v) is 3.87. The minimum atomic E-state index is -0.181. The minimum Gasteiger partial charge on any atom is -0.207 e. The van der Waals surface area contributed by atoms with E-state index in [1.807, 2.05) is 13.0 Å². The summed E-state index contributed by atoms with van der Waals surface area (Å²) in [6.45, 7) is 2.03. The highest BCUT2D eigenvalue weighted by Crippen LogP contribution is 2.48. The van der Waals surface area contributed by atoms with Crippen LogP contribution in [0.4, 0.5) is 4.39 Å². The normalized spacial score (nSPS) is 17.9. The monoisotopic (exact) mass is 175 g/mol. The molecular weight excluding hydrogens is 165 g/mol. The molecule has 0 atom stereocenters. The molecule has 1 aliphatic carbocycles. The molecule has 0 aliphatic heterocycles. The largest absolute Gasteiger partial charge is 0.207 e. The number of rotatable bonds is 1. The third-order valence-electron chi connectivity index (χ3n) is 2.75. The highest BCUT2D eigenvalue weighted by molar-refractivity contribution is 5.39. The van der Waals surface area contributed by atoms with Crippen LogP contribution in [0.3, 0.4) is 0 Å². The molecule has 1 nitrogen and oxygen atoms in total. The van der Waals surface area contributed by atoms with Gasteiger partial charge in [0, 0.05) is 0 Å². The van der Waals surface area contributed by atoms with Crippen LogP contribution in [0.15, 0.2) is 18.2 Å². The van der Waals surface area contributed by atoms with Crippen molar-refractivity contribution < 1.29 is 4.39 Å². The van der Waals surface area contributed by atoms with E-state index in [1.54, 1.807) is 6.07 Å². The Hall–Kier alpha value is -1.36. The van der Waals surface area contributed by atoms with Gasteiger partial charge in [-0.15, -0.1) is 0 Å². The van der Waals surface area contributed by atoms with E-state index in [9.17, 15) is 4.39 Å². The van der Waals surface area contributed by atoms with Gasteiger partial charge < -0.3 is 0 Å². The predicted octanol–water partition coefficient (Wildman–Crippen LogP) is 2.75. The van der Waals surface area contributed by atoms with Crippen molar-refractivity contribution >= 4 is 0 Å². The lowest BCUT2D eigenvalue weighted by molar-refractivity contribution is 0.586. The van der Waals surface area contributed by atoms with Gasteiger partial charge in [-0.25, -0.2) is 4.39 Å². The predicted molar refractivity (Wildman–Crippen MR) is 47.7 cm³/mol. The van der Waals surface area contributed by atoms with Gasteiger partial charge in [0.05, 0.1) is 11.6 Å². The third kappa shape index (κ3) is 1.31. The zero-order valence-electron chi connectivity index (χ0n) is 7.47. The molecule has 13 heavy (non-hydrogen) atoms. The molecule has 0 saturated heterocycles. The fourth-order valence-electron chi connectivity index (χ4n) is 1.51. The minimum absolute atomic E-state index is 0.00303. The van der Waals surface area contributed by atoms with Crippen molar-refractivity contribution in [2.24, 2.45) is 0 Å². The number of hydrogen-bond acceptors (Lipinski definition) is 1. The molecule has 1 saturated carbocycles. The number of nitrogens with zero attached hydrogens (tertiary/aromatic N) is 1. The van der Waals surface area contributed by atoms with E-state index < -0.39 is 0 Å². The molecule has 0 spiro atoms. The van der Waals surface area contributed by atoms with Gasteiger partial charge in [-0.3, -0.25) is 0 Å². The van der Waals surface area contributed by atoms with E-state index in [-0.39, 0.29) is 11.2 Å². The Morgan fingerprint density at radius 3 is 2.69 bits per heavy atom. The maximum Gasteiger partial charge on any atom is 0.127 e. The van der Waals surface area contributed by atoms with Gasteiger partial charge in [0.25, 0.3) is 0 Å². The van der Waals surface area contributed by atoms with Crippen LogP contribution in [0.5, 0.6) is 0 Å². The second-order valence-electron chi connectivity index (χ2n) is 3.87. The Labute approximate surface area is 76.8 Å². The van der Waals surface area contributed by atoms with Gasteiger partial charge in [0.1, 0.15) is 5.82 Å². The number of benzene rings is 1. The second kappa shape index (κ2) is 2.56. The SMILES string of the molecule is CC1(c2cc(C#N)ccc2F)CC1. The van der Waals surface area contributed by atoms with Crippen LogP contribution in [-0.2, 0) is 5.41 Å². The smallest absolute Gasteiger partial charge is 0.127 e. The molecule has 1 fully saturated rings. The zero-order chi connectivity index (χ0) is 9.47. The van der Waals surface area contributed by atoms with Gasteiger partial charge in [-0.1, -0.05) is 6.92 Å². The molecule has 1 aliphatic rings. The summed E-state index contributed by atoms with van der Waals surface area (Å²) in [5.74, 6) is -0.181. The molecule has 0 radical (unpaired) electrons. The first-order valence-electron chi connectivity index (χ1n) is 4.36. The summed E-state index contributed by atoms with van der Waals surface area (Å²) in [5, 5.41) is 8.67. The first kappa shape index (κ1) is 8.25. The van der Waals surface area contributed by atoms with Crippen molar-refractivity contribution in [1.82, 2.24) is 0 Å².